The smallest absolute Gasteiger partial charge is 0.416 e. The number of carboxylic acid groups (broad SMARTS) is 1. The van der Waals surface area contributed by atoms with Gasteiger partial charge in [-0.15, -0.1) is 12.4 Å². The van der Waals surface area contributed by atoms with E-state index in [0.717, 1.165) is 17.7 Å². The van der Waals surface area contributed by atoms with Crippen LogP contribution in [0, 0.1) is 0 Å². The fourth-order valence-electron chi connectivity index (χ4n) is 3.14. The Balaban J connectivity index is 0.00000320. The maximum Gasteiger partial charge on any atom is 0.416 e. The van der Waals surface area contributed by atoms with Crippen LogP contribution in [-0.4, -0.2) is 42.2 Å². The van der Waals surface area contributed by atoms with Crippen LogP contribution in [-0.2, 0) is 22.3 Å². The molecule has 1 aliphatic rings. The van der Waals surface area contributed by atoms with E-state index in [9.17, 15) is 18.0 Å². The maximum atomic E-state index is 12.8. The van der Waals surface area contributed by atoms with Crippen molar-refractivity contribution in [3.63, 3.8) is 0 Å². The lowest BCUT2D eigenvalue weighted by Crippen LogP contribution is -2.39. The minimum absolute atomic E-state index is 0. The van der Waals surface area contributed by atoms with Crippen molar-refractivity contribution >= 4 is 18.4 Å². The number of morpholine rings is 1. The second kappa shape index (κ2) is 10.7. The molecule has 1 aliphatic heterocycles. The molecule has 1 atom stereocenters. The molecule has 0 amide bonds. The summed E-state index contributed by atoms with van der Waals surface area (Å²) in [7, 11) is 0. The number of rotatable bonds is 7. The zero-order chi connectivity index (χ0) is 20.9. The minimum Gasteiger partial charge on any atom is -0.489 e. The molecule has 0 bridgehead atoms. The molecular formula is C21H23ClF3NO4. The third-order valence-corrected chi connectivity index (χ3v) is 4.70. The van der Waals surface area contributed by atoms with Gasteiger partial charge in [-0.3, -0.25) is 9.69 Å². The number of carboxylic acids is 1. The monoisotopic (exact) mass is 445 g/mol. The lowest BCUT2D eigenvalue weighted by Gasteiger charge is -2.32. The summed E-state index contributed by atoms with van der Waals surface area (Å²) < 4.78 is 49.7. The number of halogens is 4. The van der Waals surface area contributed by atoms with E-state index in [1.807, 2.05) is 12.1 Å². The summed E-state index contributed by atoms with van der Waals surface area (Å²) >= 11 is 0. The number of alkyl halides is 3. The van der Waals surface area contributed by atoms with Gasteiger partial charge in [-0.05, 0) is 35.4 Å². The van der Waals surface area contributed by atoms with Crippen molar-refractivity contribution in [2.45, 2.75) is 25.3 Å². The van der Waals surface area contributed by atoms with Crippen molar-refractivity contribution in [3.05, 3.63) is 65.2 Å². The predicted octanol–water partition coefficient (Wildman–Crippen LogP) is 4.55. The first-order valence-corrected chi connectivity index (χ1v) is 9.26. The maximum absolute atomic E-state index is 12.8. The Bertz CT molecular complexity index is 830. The van der Waals surface area contributed by atoms with E-state index in [2.05, 4.69) is 4.90 Å². The van der Waals surface area contributed by atoms with E-state index < -0.39 is 17.7 Å². The lowest BCUT2D eigenvalue weighted by atomic mass is 10.1. The first-order valence-electron chi connectivity index (χ1n) is 9.26. The van der Waals surface area contributed by atoms with Crippen LogP contribution in [0.4, 0.5) is 13.2 Å². The van der Waals surface area contributed by atoms with Crippen LogP contribution < -0.4 is 4.74 Å². The molecule has 2 aromatic carbocycles. The third-order valence-electron chi connectivity index (χ3n) is 4.70. The van der Waals surface area contributed by atoms with Gasteiger partial charge in [-0.2, -0.15) is 13.2 Å². The number of hydrogen-bond donors (Lipinski definition) is 1. The predicted molar refractivity (Wildman–Crippen MR) is 107 cm³/mol. The lowest BCUT2D eigenvalue weighted by molar-refractivity contribution is -0.138. The fourth-order valence-corrected chi connectivity index (χ4v) is 3.14. The van der Waals surface area contributed by atoms with Gasteiger partial charge in [-0.25, -0.2) is 0 Å². The van der Waals surface area contributed by atoms with E-state index in [1.165, 1.54) is 6.07 Å². The molecule has 9 heteroatoms. The first-order chi connectivity index (χ1) is 13.8. The van der Waals surface area contributed by atoms with Crippen molar-refractivity contribution in [2.75, 3.05) is 26.2 Å². The molecule has 3 rings (SSSR count). The zero-order valence-corrected chi connectivity index (χ0v) is 16.9. The summed E-state index contributed by atoms with van der Waals surface area (Å²) in [5, 5.41) is 8.82. The highest BCUT2D eigenvalue weighted by atomic mass is 35.5. The number of hydrogen-bond acceptors (Lipinski definition) is 4. The molecule has 0 saturated carbocycles. The molecule has 0 aliphatic carbocycles. The summed E-state index contributed by atoms with van der Waals surface area (Å²) in [5.41, 5.74) is 0.681. The highest BCUT2D eigenvalue weighted by molar-refractivity contribution is 5.85. The summed E-state index contributed by atoms with van der Waals surface area (Å²) in [6.07, 6.45) is -4.44. The van der Waals surface area contributed by atoms with Crippen molar-refractivity contribution < 1.29 is 32.5 Å². The molecule has 1 saturated heterocycles. The van der Waals surface area contributed by atoms with Gasteiger partial charge in [0.05, 0.1) is 24.7 Å². The molecule has 1 fully saturated rings. The van der Waals surface area contributed by atoms with Crippen molar-refractivity contribution in [2.24, 2.45) is 0 Å². The van der Waals surface area contributed by atoms with E-state index in [1.54, 1.807) is 18.2 Å². The molecule has 164 valence electrons. The van der Waals surface area contributed by atoms with Gasteiger partial charge in [-0.1, -0.05) is 24.3 Å². The van der Waals surface area contributed by atoms with Gasteiger partial charge >= 0.3 is 12.1 Å². The number of ether oxygens (including phenoxy) is 2. The largest absolute Gasteiger partial charge is 0.489 e. The third kappa shape index (κ3) is 6.90. The summed E-state index contributed by atoms with van der Waals surface area (Å²) in [6.45, 7) is 2.34. The van der Waals surface area contributed by atoms with Gasteiger partial charge < -0.3 is 14.6 Å². The second-order valence-corrected chi connectivity index (χ2v) is 6.86. The highest BCUT2D eigenvalue weighted by Crippen LogP contribution is 2.30. The molecule has 5 nitrogen and oxygen atoms in total. The van der Waals surface area contributed by atoms with E-state index in [-0.39, 0.29) is 31.5 Å². The molecule has 1 unspecified atom stereocenters. The van der Waals surface area contributed by atoms with Crippen molar-refractivity contribution in [1.82, 2.24) is 4.90 Å². The van der Waals surface area contributed by atoms with Crippen molar-refractivity contribution in [3.8, 4) is 5.75 Å². The van der Waals surface area contributed by atoms with Crippen LogP contribution in [0.15, 0.2) is 48.5 Å². The summed E-state index contributed by atoms with van der Waals surface area (Å²) in [4.78, 5) is 12.8. The Kier molecular flexibility index (Phi) is 8.52. The Labute approximate surface area is 178 Å². The van der Waals surface area contributed by atoms with E-state index in [4.69, 9.17) is 14.6 Å². The van der Waals surface area contributed by atoms with Crippen LogP contribution in [0.5, 0.6) is 5.75 Å². The SMILES string of the molecule is Cl.O=C(O)CCN1CCOC(c2ccc(OCc3cccc(C(F)(F)F)c3)cc2)C1. The second-order valence-electron chi connectivity index (χ2n) is 6.86. The Morgan fingerprint density at radius 2 is 1.93 bits per heavy atom. The van der Waals surface area contributed by atoms with E-state index in [0.29, 0.717) is 37.6 Å². The van der Waals surface area contributed by atoms with Crippen LogP contribution in [0.1, 0.15) is 29.2 Å². The fraction of sp³-hybridized carbons (Fsp3) is 0.381. The van der Waals surface area contributed by atoms with Gasteiger partial charge in [0.2, 0.25) is 0 Å². The molecule has 2 aromatic rings. The van der Waals surface area contributed by atoms with Gasteiger partial charge in [0, 0.05) is 19.6 Å². The molecule has 0 aromatic heterocycles. The van der Waals surface area contributed by atoms with Crippen LogP contribution in [0.2, 0.25) is 0 Å². The zero-order valence-electron chi connectivity index (χ0n) is 16.1. The van der Waals surface area contributed by atoms with Gasteiger partial charge in [0.15, 0.2) is 0 Å². The van der Waals surface area contributed by atoms with E-state index >= 15 is 0 Å². The minimum atomic E-state index is -4.38. The first kappa shape index (κ1) is 24.0. The Hall–Kier alpha value is -2.29. The quantitative estimate of drug-likeness (QED) is 0.677. The average Bonchev–Trinajstić information content (AvgIpc) is 2.71. The molecule has 30 heavy (non-hydrogen) atoms. The van der Waals surface area contributed by atoms with Gasteiger partial charge in [0.25, 0.3) is 0 Å². The Morgan fingerprint density at radius 1 is 1.20 bits per heavy atom. The summed E-state index contributed by atoms with van der Waals surface area (Å²) in [6, 6.07) is 12.3. The summed E-state index contributed by atoms with van der Waals surface area (Å²) in [5.74, 6) is -0.278. The highest BCUT2D eigenvalue weighted by Gasteiger charge is 2.30. The molecule has 0 spiro atoms. The topological polar surface area (TPSA) is 59.0 Å². The number of nitrogens with zero attached hydrogens (tertiary/aromatic N) is 1. The van der Waals surface area contributed by atoms with Crippen LogP contribution in [0.3, 0.4) is 0 Å². The molecule has 1 heterocycles. The number of aliphatic carboxylic acids is 1. The Morgan fingerprint density at radius 3 is 2.60 bits per heavy atom. The molecule has 1 N–H and O–H groups in total. The molecular weight excluding hydrogens is 423 g/mol. The number of benzene rings is 2. The van der Waals surface area contributed by atoms with Crippen LogP contribution >= 0.6 is 12.4 Å². The van der Waals surface area contributed by atoms with Crippen LogP contribution in [0.25, 0.3) is 0 Å². The standard InChI is InChI=1S/C21H22F3NO4.ClH/c22-21(23,24)17-3-1-2-15(12-17)14-29-18-6-4-16(5-7-18)19-13-25(10-11-28-19)9-8-20(26)27;/h1-7,12,19H,8-11,13-14H2,(H,26,27);1H. The molecule has 0 radical (unpaired) electrons. The normalized spacial score (nSPS) is 17.2. The van der Waals surface area contributed by atoms with Gasteiger partial charge in [0.1, 0.15) is 12.4 Å². The number of carbonyl (C=O) groups is 1. The van der Waals surface area contributed by atoms with Crippen molar-refractivity contribution in [1.29, 1.82) is 0 Å². The average molecular weight is 446 g/mol.